The molecular formula is C17H16N2O2S2. The van der Waals surface area contributed by atoms with E-state index in [9.17, 15) is 9.59 Å². The van der Waals surface area contributed by atoms with E-state index < -0.39 is 0 Å². The van der Waals surface area contributed by atoms with Gasteiger partial charge in [-0.05, 0) is 26.3 Å². The van der Waals surface area contributed by atoms with Crippen LogP contribution in [0.15, 0.2) is 40.3 Å². The summed E-state index contributed by atoms with van der Waals surface area (Å²) in [7, 11) is 0. The first-order chi connectivity index (χ1) is 11.0. The number of rotatable bonds is 4. The molecule has 3 rings (SSSR count). The Hall–Kier alpha value is -1.92. The number of thiophene rings is 1. The van der Waals surface area contributed by atoms with Gasteiger partial charge in [0, 0.05) is 10.4 Å². The Morgan fingerprint density at radius 2 is 1.96 bits per heavy atom. The molecule has 0 amide bonds. The number of benzene rings is 1. The molecule has 0 aliphatic carbocycles. The van der Waals surface area contributed by atoms with Crippen molar-refractivity contribution in [2.75, 3.05) is 0 Å². The summed E-state index contributed by atoms with van der Waals surface area (Å²) in [5, 5.41) is 0.819. The van der Waals surface area contributed by atoms with E-state index in [0.29, 0.717) is 16.1 Å². The molecule has 1 unspecified atom stereocenters. The summed E-state index contributed by atoms with van der Waals surface area (Å²) in [5.74, 6) is 0.0249. The van der Waals surface area contributed by atoms with Crippen molar-refractivity contribution in [3.8, 4) is 0 Å². The average molecular weight is 344 g/mol. The molecule has 0 fully saturated rings. The third-order valence-electron chi connectivity index (χ3n) is 3.73. The molecule has 0 spiro atoms. The lowest BCUT2D eigenvalue weighted by Gasteiger charge is -2.09. The Bertz CT molecular complexity index is 929. The van der Waals surface area contributed by atoms with Gasteiger partial charge in [-0.2, -0.15) is 0 Å². The summed E-state index contributed by atoms with van der Waals surface area (Å²) in [6, 6.07) is 9.15. The summed E-state index contributed by atoms with van der Waals surface area (Å²) < 4.78 is 0. The van der Waals surface area contributed by atoms with Crippen molar-refractivity contribution in [3.63, 3.8) is 0 Å². The number of carbonyl (C=O) groups is 1. The molecule has 3 aromatic rings. The molecule has 1 aromatic carbocycles. The Balaban J connectivity index is 1.90. The van der Waals surface area contributed by atoms with Crippen LogP contribution in [-0.2, 0) is 0 Å². The molecule has 4 nitrogen and oxygen atoms in total. The minimum atomic E-state index is -0.319. The van der Waals surface area contributed by atoms with Gasteiger partial charge in [-0.3, -0.25) is 9.59 Å². The molecular weight excluding hydrogens is 328 g/mol. The third kappa shape index (κ3) is 3.09. The zero-order chi connectivity index (χ0) is 16.6. The summed E-state index contributed by atoms with van der Waals surface area (Å²) in [6.07, 6.45) is 0. The van der Waals surface area contributed by atoms with Crippen molar-refractivity contribution in [2.24, 2.45) is 0 Å². The van der Waals surface area contributed by atoms with E-state index >= 15 is 0 Å². The molecule has 0 radical (unpaired) electrons. The van der Waals surface area contributed by atoms with E-state index in [0.717, 1.165) is 15.3 Å². The second-order valence-corrected chi connectivity index (χ2v) is 7.86. The first-order valence-corrected chi connectivity index (χ1v) is 8.93. The summed E-state index contributed by atoms with van der Waals surface area (Å²) in [4.78, 5) is 33.8. The van der Waals surface area contributed by atoms with Crippen LogP contribution in [-0.4, -0.2) is 21.0 Å². The number of ketones is 1. The smallest absolute Gasteiger partial charge is 0.260 e. The van der Waals surface area contributed by atoms with Gasteiger partial charge in [-0.15, -0.1) is 11.3 Å². The number of hydrogen-bond acceptors (Lipinski definition) is 5. The molecule has 0 bridgehead atoms. The second kappa shape index (κ2) is 6.29. The molecule has 0 saturated heterocycles. The van der Waals surface area contributed by atoms with Crippen LogP contribution in [0, 0.1) is 13.8 Å². The summed E-state index contributed by atoms with van der Waals surface area (Å²) in [6.45, 7) is 5.74. The standard InChI is InChI=1S/C17H16N2O2S2/c1-9-10(2)22-16-13(9)15(21)18-17(19-16)23-11(3)14(20)12-7-5-4-6-8-12/h4-8,11H,1-3H3,(H,18,19,21). The third-order valence-corrected chi connectivity index (χ3v) is 5.82. The molecule has 1 atom stereocenters. The number of Topliss-reactive ketones (excluding diaryl/α,β-unsaturated/α-hetero) is 1. The monoisotopic (exact) mass is 344 g/mol. The maximum atomic E-state index is 12.4. The fourth-order valence-electron chi connectivity index (χ4n) is 2.35. The molecule has 118 valence electrons. The number of nitrogens with one attached hydrogen (secondary N) is 1. The van der Waals surface area contributed by atoms with Gasteiger partial charge in [0.2, 0.25) is 0 Å². The van der Waals surface area contributed by atoms with Gasteiger partial charge in [-0.1, -0.05) is 42.1 Å². The zero-order valence-electron chi connectivity index (χ0n) is 13.0. The maximum Gasteiger partial charge on any atom is 0.260 e. The number of carbonyl (C=O) groups excluding carboxylic acids is 1. The van der Waals surface area contributed by atoms with Crippen molar-refractivity contribution in [1.29, 1.82) is 0 Å². The second-order valence-electron chi connectivity index (χ2n) is 5.32. The van der Waals surface area contributed by atoms with Crippen molar-refractivity contribution >= 4 is 39.1 Å². The molecule has 0 saturated carbocycles. The van der Waals surface area contributed by atoms with Crippen LogP contribution >= 0.6 is 23.1 Å². The summed E-state index contributed by atoms with van der Waals surface area (Å²) >= 11 is 2.79. The van der Waals surface area contributed by atoms with Crippen molar-refractivity contribution in [1.82, 2.24) is 9.97 Å². The van der Waals surface area contributed by atoms with Crippen LogP contribution in [0.2, 0.25) is 0 Å². The fraction of sp³-hybridized carbons (Fsp3) is 0.235. The van der Waals surface area contributed by atoms with Gasteiger partial charge in [0.05, 0.1) is 10.6 Å². The number of thioether (sulfide) groups is 1. The molecule has 1 N–H and O–H groups in total. The van der Waals surface area contributed by atoms with E-state index in [4.69, 9.17) is 0 Å². The normalized spacial score (nSPS) is 12.5. The molecule has 2 heterocycles. The number of fused-ring (bicyclic) bond motifs is 1. The molecule has 6 heteroatoms. The SMILES string of the molecule is Cc1sc2nc(SC(C)C(=O)c3ccccc3)[nH]c(=O)c2c1C. The first kappa shape index (κ1) is 16.0. The van der Waals surface area contributed by atoms with Gasteiger partial charge in [0.1, 0.15) is 4.83 Å². The van der Waals surface area contributed by atoms with Crippen LogP contribution < -0.4 is 5.56 Å². The predicted molar refractivity (Wildman–Crippen MR) is 95.8 cm³/mol. The Labute approximate surface area is 142 Å². The number of H-pyrrole nitrogens is 1. The number of aryl methyl sites for hydroxylation is 2. The number of aromatic nitrogens is 2. The lowest BCUT2D eigenvalue weighted by molar-refractivity contribution is 0.0994. The van der Waals surface area contributed by atoms with Crippen LogP contribution in [0.1, 0.15) is 27.7 Å². The first-order valence-electron chi connectivity index (χ1n) is 7.23. The lowest BCUT2D eigenvalue weighted by Crippen LogP contribution is -2.16. The maximum absolute atomic E-state index is 12.4. The number of hydrogen-bond donors (Lipinski definition) is 1. The van der Waals surface area contributed by atoms with Gasteiger partial charge in [0.25, 0.3) is 5.56 Å². The molecule has 2 aromatic heterocycles. The topological polar surface area (TPSA) is 62.8 Å². The van der Waals surface area contributed by atoms with Crippen LogP contribution in [0.4, 0.5) is 0 Å². The number of nitrogens with zero attached hydrogens (tertiary/aromatic N) is 1. The largest absolute Gasteiger partial charge is 0.301 e. The Kier molecular flexibility index (Phi) is 4.37. The predicted octanol–water partition coefficient (Wildman–Crippen LogP) is 3.96. The number of aromatic amines is 1. The highest BCUT2D eigenvalue weighted by atomic mass is 32.2. The lowest BCUT2D eigenvalue weighted by atomic mass is 10.1. The van der Waals surface area contributed by atoms with Crippen molar-refractivity contribution < 1.29 is 4.79 Å². The zero-order valence-corrected chi connectivity index (χ0v) is 14.7. The average Bonchev–Trinajstić information content (AvgIpc) is 2.82. The van der Waals surface area contributed by atoms with Gasteiger partial charge in [-0.25, -0.2) is 4.98 Å². The van der Waals surface area contributed by atoms with Crippen molar-refractivity contribution in [3.05, 3.63) is 56.7 Å². The van der Waals surface area contributed by atoms with Crippen molar-refractivity contribution in [2.45, 2.75) is 31.2 Å². The van der Waals surface area contributed by atoms with Gasteiger partial charge >= 0.3 is 0 Å². The van der Waals surface area contributed by atoms with E-state index in [1.54, 1.807) is 12.1 Å². The molecule has 23 heavy (non-hydrogen) atoms. The minimum absolute atomic E-state index is 0.0249. The highest BCUT2D eigenvalue weighted by Crippen LogP contribution is 2.28. The van der Waals surface area contributed by atoms with Gasteiger partial charge < -0.3 is 4.98 Å². The van der Waals surface area contributed by atoms with E-state index in [1.165, 1.54) is 23.1 Å². The van der Waals surface area contributed by atoms with E-state index in [2.05, 4.69) is 9.97 Å². The quantitative estimate of drug-likeness (QED) is 0.442. The van der Waals surface area contributed by atoms with Crippen LogP contribution in [0.5, 0.6) is 0 Å². The fourth-order valence-corrected chi connectivity index (χ4v) is 4.31. The highest BCUT2D eigenvalue weighted by molar-refractivity contribution is 8.00. The van der Waals surface area contributed by atoms with Gasteiger partial charge in [0.15, 0.2) is 10.9 Å². The Morgan fingerprint density at radius 1 is 1.26 bits per heavy atom. The van der Waals surface area contributed by atoms with E-state index in [1.807, 2.05) is 39.0 Å². The van der Waals surface area contributed by atoms with E-state index in [-0.39, 0.29) is 16.6 Å². The molecule has 0 aliphatic rings. The van der Waals surface area contributed by atoms with Crippen LogP contribution in [0.25, 0.3) is 10.2 Å². The molecule has 0 aliphatic heterocycles. The Morgan fingerprint density at radius 3 is 2.65 bits per heavy atom. The minimum Gasteiger partial charge on any atom is -0.301 e. The highest BCUT2D eigenvalue weighted by Gasteiger charge is 2.19. The van der Waals surface area contributed by atoms with Crippen LogP contribution in [0.3, 0.4) is 0 Å². The summed E-state index contributed by atoms with van der Waals surface area (Å²) in [5.41, 5.74) is 1.50.